The van der Waals surface area contributed by atoms with Crippen molar-refractivity contribution in [3.05, 3.63) is 29.8 Å². The van der Waals surface area contributed by atoms with E-state index in [4.69, 9.17) is 20.4 Å². The standard InChI is InChI=1S/C8H12N2O7P2/c9-7-3-1-6(2-4-7)8(11)10-17-19(15,16)5-18(12,13)14/h1-4H,5,9H2,(H,10,11)(H,15,16)(H2,12,13,14). The van der Waals surface area contributed by atoms with E-state index in [2.05, 4.69) is 4.62 Å². The highest BCUT2D eigenvalue weighted by Crippen LogP contribution is 2.54. The van der Waals surface area contributed by atoms with Crippen LogP contribution in [0.5, 0.6) is 0 Å². The summed E-state index contributed by atoms with van der Waals surface area (Å²) in [6.07, 6.45) is 0. The first-order valence-electron chi connectivity index (χ1n) is 4.80. The summed E-state index contributed by atoms with van der Waals surface area (Å²) in [7, 11) is -9.35. The molecule has 0 bridgehead atoms. The van der Waals surface area contributed by atoms with E-state index in [1.165, 1.54) is 24.3 Å². The average Bonchev–Trinajstić information content (AvgIpc) is 2.24. The molecule has 11 heteroatoms. The molecule has 1 rings (SSSR count). The third-order valence-electron chi connectivity index (χ3n) is 1.82. The van der Waals surface area contributed by atoms with Crippen molar-refractivity contribution in [2.45, 2.75) is 0 Å². The van der Waals surface area contributed by atoms with Crippen LogP contribution in [0.25, 0.3) is 0 Å². The number of benzene rings is 1. The number of anilines is 1. The number of nitrogens with two attached hydrogens (primary N) is 1. The Morgan fingerprint density at radius 3 is 2.21 bits per heavy atom. The normalized spacial score (nSPS) is 14.7. The fourth-order valence-corrected chi connectivity index (χ4v) is 3.39. The van der Waals surface area contributed by atoms with Crippen LogP contribution in [0, 0.1) is 0 Å². The minimum absolute atomic E-state index is 0.102. The molecule has 19 heavy (non-hydrogen) atoms. The van der Waals surface area contributed by atoms with Gasteiger partial charge in [0.15, 0.2) is 5.90 Å². The van der Waals surface area contributed by atoms with E-state index in [1.54, 1.807) is 5.48 Å². The summed E-state index contributed by atoms with van der Waals surface area (Å²) in [4.78, 5) is 37.6. The molecule has 1 aromatic carbocycles. The van der Waals surface area contributed by atoms with Gasteiger partial charge in [0, 0.05) is 11.3 Å². The third kappa shape index (κ3) is 5.98. The minimum Gasteiger partial charge on any atom is -0.399 e. The van der Waals surface area contributed by atoms with E-state index in [-0.39, 0.29) is 5.56 Å². The van der Waals surface area contributed by atoms with Crippen LogP contribution >= 0.6 is 15.2 Å². The fraction of sp³-hybridized carbons (Fsp3) is 0.125. The van der Waals surface area contributed by atoms with Gasteiger partial charge in [-0.1, -0.05) is 0 Å². The molecule has 9 nitrogen and oxygen atoms in total. The smallest absolute Gasteiger partial charge is 0.361 e. The van der Waals surface area contributed by atoms with E-state index >= 15 is 0 Å². The minimum atomic E-state index is -4.73. The first-order valence-corrected chi connectivity index (χ1v) is 8.36. The summed E-state index contributed by atoms with van der Waals surface area (Å²) in [5.74, 6) is -2.23. The summed E-state index contributed by atoms with van der Waals surface area (Å²) in [5, 5.41) is 0. The number of nitrogens with one attached hydrogen (secondary N) is 1. The monoisotopic (exact) mass is 310 g/mol. The number of carbonyl (C=O) groups is 1. The Morgan fingerprint density at radius 2 is 1.74 bits per heavy atom. The zero-order chi connectivity index (χ0) is 14.7. The molecule has 6 N–H and O–H groups in total. The summed E-state index contributed by atoms with van der Waals surface area (Å²) < 4.78 is 25.9. The summed E-state index contributed by atoms with van der Waals surface area (Å²) in [6.45, 7) is 0. The Kier molecular flexibility index (Phi) is 4.86. The van der Waals surface area contributed by atoms with Gasteiger partial charge in [0.1, 0.15) is 0 Å². The van der Waals surface area contributed by atoms with Crippen molar-refractivity contribution in [3.8, 4) is 0 Å². The maximum Gasteiger partial charge on any atom is 0.361 e. The highest BCUT2D eigenvalue weighted by Gasteiger charge is 2.32. The van der Waals surface area contributed by atoms with E-state index in [0.29, 0.717) is 5.69 Å². The van der Waals surface area contributed by atoms with Crippen LogP contribution < -0.4 is 11.2 Å². The molecule has 0 saturated carbocycles. The van der Waals surface area contributed by atoms with E-state index in [9.17, 15) is 13.9 Å². The maximum absolute atomic E-state index is 11.5. The molecule has 1 atom stereocenters. The Balaban J connectivity index is 2.62. The molecule has 0 aliphatic carbocycles. The molecule has 0 aliphatic rings. The van der Waals surface area contributed by atoms with Gasteiger partial charge in [0.05, 0.1) is 0 Å². The van der Waals surface area contributed by atoms with Gasteiger partial charge in [-0.15, -0.1) is 0 Å². The molecular weight excluding hydrogens is 298 g/mol. The molecule has 0 aliphatic heterocycles. The topological polar surface area (TPSA) is 159 Å². The maximum atomic E-state index is 11.5. The second-order valence-corrected chi connectivity index (χ2v) is 7.51. The van der Waals surface area contributed by atoms with Gasteiger partial charge < -0.3 is 20.4 Å². The lowest BCUT2D eigenvalue weighted by Gasteiger charge is -2.12. The molecule has 0 spiro atoms. The van der Waals surface area contributed by atoms with Crippen LogP contribution in [0.2, 0.25) is 0 Å². The molecule has 0 fully saturated rings. The largest absolute Gasteiger partial charge is 0.399 e. The molecule has 0 radical (unpaired) electrons. The Labute approximate surface area is 108 Å². The molecule has 1 aromatic rings. The van der Waals surface area contributed by atoms with Crippen LogP contribution in [-0.4, -0.2) is 26.5 Å². The van der Waals surface area contributed by atoms with Crippen molar-refractivity contribution in [3.63, 3.8) is 0 Å². The molecule has 1 unspecified atom stereocenters. The van der Waals surface area contributed by atoms with Crippen molar-refractivity contribution in [2.75, 3.05) is 11.6 Å². The van der Waals surface area contributed by atoms with Crippen molar-refractivity contribution < 1.29 is 33.2 Å². The third-order valence-corrected chi connectivity index (χ3v) is 5.10. The van der Waals surface area contributed by atoms with Crippen LogP contribution in [0.15, 0.2) is 24.3 Å². The number of rotatable bonds is 5. The second kappa shape index (κ2) is 5.83. The van der Waals surface area contributed by atoms with Crippen molar-refractivity contribution in [2.24, 2.45) is 0 Å². The lowest BCUT2D eigenvalue weighted by atomic mass is 10.2. The van der Waals surface area contributed by atoms with Gasteiger partial charge in [-0.25, -0.2) is 5.48 Å². The van der Waals surface area contributed by atoms with Crippen LogP contribution in [0.4, 0.5) is 5.69 Å². The zero-order valence-electron chi connectivity index (χ0n) is 9.46. The first-order chi connectivity index (χ1) is 8.59. The number of hydrogen-bond donors (Lipinski definition) is 5. The van der Waals surface area contributed by atoms with Crippen molar-refractivity contribution in [1.29, 1.82) is 0 Å². The first kappa shape index (κ1) is 15.8. The predicted octanol–water partition coefficient (Wildman–Crippen LogP) is 0.251. The summed E-state index contributed by atoms with van der Waals surface area (Å²) in [5.41, 5.74) is 7.58. The second-order valence-electron chi connectivity index (χ2n) is 3.59. The highest BCUT2D eigenvalue weighted by atomic mass is 31.2. The van der Waals surface area contributed by atoms with E-state index in [0.717, 1.165) is 0 Å². The lowest BCUT2D eigenvalue weighted by molar-refractivity contribution is 0.0732. The summed E-state index contributed by atoms with van der Waals surface area (Å²) in [6, 6.07) is 5.56. The molecular formula is C8H12N2O7P2. The lowest BCUT2D eigenvalue weighted by Crippen LogP contribution is -2.23. The Bertz CT molecular complexity index is 553. The van der Waals surface area contributed by atoms with E-state index < -0.39 is 27.0 Å². The number of carbonyl (C=O) groups excluding carboxylic acids is 1. The van der Waals surface area contributed by atoms with Crippen LogP contribution in [0.1, 0.15) is 10.4 Å². The SMILES string of the molecule is Nc1ccc(C(=O)NOP(=O)(O)CP(=O)(O)O)cc1. The predicted molar refractivity (Wildman–Crippen MR) is 66.1 cm³/mol. The molecule has 0 saturated heterocycles. The Morgan fingerprint density at radius 1 is 1.21 bits per heavy atom. The van der Waals surface area contributed by atoms with Gasteiger partial charge in [0.2, 0.25) is 0 Å². The van der Waals surface area contributed by atoms with Gasteiger partial charge in [-0.3, -0.25) is 13.9 Å². The van der Waals surface area contributed by atoms with Gasteiger partial charge >= 0.3 is 15.2 Å². The zero-order valence-corrected chi connectivity index (χ0v) is 11.3. The van der Waals surface area contributed by atoms with Gasteiger partial charge in [-0.05, 0) is 24.3 Å². The number of nitrogen functional groups attached to an aromatic ring is 1. The molecule has 106 valence electrons. The molecule has 0 aromatic heterocycles. The average molecular weight is 310 g/mol. The number of amides is 1. The van der Waals surface area contributed by atoms with Crippen molar-refractivity contribution in [1.82, 2.24) is 5.48 Å². The van der Waals surface area contributed by atoms with Crippen LogP contribution in [-0.2, 0) is 13.8 Å². The summed E-state index contributed by atoms with van der Waals surface area (Å²) >= 11 is 0. The van der Waals surface area contributed by atoms with Crippen molar-refractivity contribution >= 4 is 26.8 Å². The van der Waals surface area contributed by atoms with Gasteiger partial charge in [-0.2, -0.15) is 4.62 Å². The van der Waals surface area contributed by atoms with E-state index in [1.807, 2.05) is 0 Å². The van der Waals surface area contributed by atoms with Crippen LogP contribution in [0.3, 0.4) is 0 Å². The van der Waals surface area contributed by atoms with Gasteiger partial charge in [0.25, 0.3) is 5.91 Å². The quantitative estimate of drug-likeness (QED) is 0.294. The number of hydroxylamine groups is 1. The molecule has 1 amide bonds. The molecule has 0 heterocycles. The fourth-order valence-electron chi connectivity index (χ4n) is 1.07. The highest BCUT2D eigenvalue weighted by molar-refractivity contribution is 7.69. The Hall–Kier alpha value is -1.21. The number of hydrogen-bond acceptors (Lipinski definition) is 5.